The molecule has 30 heavy (non-hydrogen) atoms. The maximum atomic E-state index is 13.2. The lowest BCUT2D eigenvalue weighted by Crippen LogP contribution is -2.49. The number of para-hydroxylation sites is 1. The summed E-state index contributed by atoms with van der Waals surface area (Å²) in [7, 11) is 0. The van der Waals surface area contributed by atoms with Crippen molar-refractivity contribution in [2.75, 3.05) is 49.5 Å². The number of urea groups is 1. The van der Waals surface area contributed by atoms with Gasteiger partial charge in [0.15, 0.2) is 0 Å². The van der Waals surface area contributed by atoms with E-state index in [1.165, 1.54) is 13.0 Å². The molecule has 5 nitrogen and oxygen atoms in total. The lowest BCUT2D eigenvalue weighted by atomic mass is 10.0. The Balaban J connectivity index is 1.45. The van der Waals surface area contributed by atoms with E-state index in [0.717, 1.165) is 30.4 Å². The van der Waals surface area contributed by atoms with E-state index in [9.17, 15) is 18.0 Å². The van der Waals surface area contributed by atoms with Crippen LogP contribution in [0.2, 0.25) is 0 Å². The predicted molar refractivity (Wildman–Crippen MR) is 113 cm³/mol. The average Bonchev–Trinajstić information content (AvgIpc) is 2.70. The Labute approximate surface area is 174 Å². The van der Waals surface area contributed by atoms with Crippen molar-refractivity contribution in [3.05, 3.63) is 59.2 Å². The SMILES string of the molecule is Cc1ccccc1NC(=O)NCCN1CCN(c2cccc(C(F)(F)F)c2C)CC1. The van der Waals surface area contributed by atoms with Gasteiger partial charge in [0, 0.05) is 50.6 Å². The third kappa shape index (κ3) is 5.44. The molecule has 0 spiro atoms. The summed E-state index contributed by atoms with van der Waals surface area (Å²) in [6.07, 6.45) is -4.34. The summed E-state index contributed by atoms with van der Waals surface area (Å²) in [4.78, 5) is 16.3. The fourth-order valence-corrected chi connectivity index (χ4v) is 3.69. The minimum absolute atomic E-state index is 0.248. The number of halogens is 3. The van der Waals surface area contributed by atoms with Crippen molar-refractivity contribution in [2.45, 2.75) is 20.0 Å². The Morgan fingerprint density at radius 2 is 1.70 bits per heavy atom. The molecule has 0 aliphatic carbocycles. The lowest BCUT2D eigenvalue weighted by molar-refractivity contribution is -0.138. The average molecular weight is 420 g/mol. The van der Waals surface area contributed by atoms with E-state index < -0.39 is 11.7 Å². The highest BCUT2D eigenvalue weighted by Gasteiger charge is 2.33. The van der Waals surface area contributed by atoms with Crippen LogP contribution in [0.1, 0.15) is 16.7 Å². The lowest BCUT2D eigenvalue weighted by Gasteiger charge is -2.37. The molecule has 1 saturated heterocycles. The zero-order chi connectivity index (χ0) is 21.7. The van der Waals surface area contributed by atoms with Crippen molar-refractivity contribution in [3.63, 3.8) is 0 Å². The van der Waals surface area contributed by atoms with E-state index in [1.54, 1.807) is 6.07 Å². The third-order valence-corrected chi connectivity index (χ3v) is 5.43. The first kappa shape index (κ1) is 22.0. The topological polar surface area (TPSA) is 47.6 Å². The second-order valence-corrected chi connectivity index (χ2v) is 7.47. The number of rotatable bonds is 5. The van der Waals surface area contributed by atoms with E-state index in [2.05, 4.69) is 15.5 Å². The van der Waals surface area contributed by atoms with Crippen molar-refractivity contribution in [1.29, 1.82) is 0 Å². The maximum absolute atomic E-state index is 13.2. The standard InChI is InChI=1S/C22H27F3N4O/c1-16-6-3-4-8-19(16)27-21(30)26-10-11-28-12-14-29(15-13-28)20-9-5-7-18(17(20)2)22(23,24)25/h3-9H,10-15H2,1-2H3,(H2,26,27,30). The normalized spacial score (nSPS) is 15.2. The number of amides is 2. The van der Waals surface area contributed by atoms with Crippen LogP contribution >= 0.6 is 0 Å². The molecule has 0 aromatic heterocycles. The van der Waals surface area contributed by atoms with E-state index in [1.807, 2.05) is 36.1 Å². The molecule has 1 heterocycles. The molecule has 0 saturated carbocycles. The molecule has 8 heteroatoms. The summed E-state index contributed by atoms with van der Waals surface area (Å²) >= 11 is 0. The number of benzene rings is 2. The van der Waals surface area contributed by atoms with Gasteiger partial charge in [0.25, 0.3) is 0 Å². The van der Waals surface area contributed by atoms with Crippen LogP contribution in [0.4, 0.5) is 29.3 Å². The Bertz CT molecular complexity index is 877. The van der Waals surface area contributed by atoms with Crippen LogP contribution in [0.5, 0.6) is 0 Å². The molecule has 0 bridgehead atoms. The number of aryl methyl sites for hydroxylation is 1. The van der Waals surface area contributed by atoms with Crippen LogP contribution < -0.4 is 15.5 Å². The first-order valence-corrected chi connectivity index (χ1v) is 10.0. The third-order valence-electron chi connectivity index (χ3n) is 5.43. The van der Waals surface area contributed by atoms with Gasteiger partial charge in [-0.15, -0.1) is 0 Å². The number of anilines is 2. The maximum Gasteiger partial charge on any atom is 0.416 e. The molecule has 0 radical (unpaired) electrons. The molecule has 2 aromatic rings. The second-order valence-electron chi connectivity index (χ2n) is 7.47. The van der Waals surface area contributed by atoms with Gasteiger partial charge in [0.1, 0.15) is 0 Å². The van der Waals surface area contributed by atoms with Gasteiger partial charge in [-0.3, -0.25) is 4.90 Å². The van der Waals surface area contributed by atoms with Crippen LogP contribution in [0.25, 0.3) is 0 Å². The summed E-state index contributed by atoms with van der Waals surface area (Å²) in [6.45, 7) is 7.42. The van der Waals surface area contributed by atoms with Crippen molar-refractivity contribution >= 4 is 17.4 Å². The van der Waals surface area contributed by atoms with Crippen molar-refractivity contribution in [3.8, 4) is 0 Å². The van der Waals surface area contributed by atoms with Gasteiger partial charge in [-0.2, -0.15) is 13.2 Å². The molecule has 1 aliphatic rings. The first-order valence-electron chi connectivity index (χ1n) is 10.0. The smallest absolute Gasteiger partial charge is 0.369 e. The predicted octanol–water partition coefficient (Wildman–Crippen LogP) is 4.27. The summed E-state index contributed by atoms with van der Waals surface area (Å²) in [6, 6.07) is 11.7. The Hall–Kier alpha value is -2.74. The van der Waals surface area contributed by atoms with Crippen molar-refractivity contribution in [2.24, 2.45) is 0 Å². The van der Waals surface area contributed by atoms with Gasteiger partial charge in [-0.05, 0) is 43.2 Å². The number of hydrogen-bond acceptors (Lipinski definition) is 3. The molecule has 1 aliphatic heterocycles. The zero-order valence-corrected chi connectivity index (χ0v) is 17.2. The van der Waals surface area contributed by atoms with Crippen LogP contribution in [-0.2, 0) is 6.18 Å². The number of nitrogens with one attached hydrogen (secondary N) is 2. The van der Waals surface area contributed by atoms with E-state index >= 15 is 0 Å². The fraction of sp³-hybridized carbons (Fsp3) is 0.409. The van der Waals surface area contributed by atoms with Crippen molar-refractivity contribution < 1.29 is 18.0 Å². The molecule has 1 fully saturated rings. The molecular weight excluding hydrogens is 393 g/mol. The highest BCUT2D eigenvalue weighted by Crippen LogP contribution is 2.35. The quantitative estimate of drug-likeness (QED) is 0.760. The van der Waals surface area contributed by atoms with E-state index in [-0.39, 0.29) is 11.6 Å². The number of piperazine rings is 1. The Kier molecular flexibility index (Phi) is 6.87. The molecule has 0 atom stereocenters. The zero-order valence-electron chi connectivity index (χ0n) is 17.2. The summed E-state index contributed by atoms with van der Waals surface area (Å²) in [5.74, 6) is 0. The highest BCUT2D eigenvalue weighted by molar-refractivity contribution is 5.89. The molecular formula is C22H27F3N4O. The van der Waals surface area contributed by atoms with Crippen LogP contribution in [0, 0.1) is 13.8 Å². The largest absolute Gasteiger partial charge is 0.416 e. The highest BCUT2D eigenvalue weighted by atomic mass is 19.4. The van der Waals surface area contributed by atoms with Crippen LogP contribution in [0.3, 0.4) is 0 Å². The van der Waals surface area contributed by atoms with Gasteiger partial charge in [-0.25, -0.2) is 4.79 Å². The number of alkyl halides is 3. The fourth-order valence-electron chi connectivity index (χ4n) is 3.69. The second kappa shape index (κ2) is 9.38. The Morgan fingerprint density at radius 1 is 1.00 bits per heavy atom. The monoisotopic (exact) mass is 420 g/mol. The first-order chi connectivity index (χ1) is 14.3. The summed E-state index contributed by atoms with van der Waals surface area (Å²) in [5.41, 5.74) is 2.10. The van der Waals surface area contributed by atoms with Gasteiger partial charge in [0.05, 0.1) is 5.56 Å². The molecule has 2 amide bonds. The molecule has 2 aromatic carbocycles. The number of carbonyl (C=O) groups excluding carboxylic acids is 1. The molecule has 3 rings (SSSR count). The molecule has 2 N–H and O–H groups in total. The molecule has 162 valence electrons. The van der Waals surface area contributed by atoms with Crippen molar-refractivity contribution in [1.82, 2.24) is 10.2 Å². The van der Waals surface area contributed by atoms with E-state index in [4.69, 9.17) is 0 Å². The van der Waals surface area contributed by atoms with Crippen LogP contribution in [0.15, 0.2) is 42.5 Å². The number of hydrogen-bond donors (Lipinski definition) is 2. The minimum atomic E-state index is -4.34. The van der Waals surface area contributed by atoms with Gasteiger partial charge < -0.3 is 15.5 Å². The van der Waals surface area contributed by atoms with E-state index in [0.29, 0.717) is 31.9 Å². The number of carbonyl (C=O) groups is 1. The summed E-state index contributed by atoms with van der Waals surface area (Å²) < 4.78 is 39.5. The van der Waals surface area contributed by atoms with Gasteiger partial charge in [-0.1, -0.05) is 24.3 Å². The van der Waals surface area contributed by atoms with Gasteiger partial charge in [0.2, 0.25) is 0 Å². The Morgan fingerprint density at radius 3 is 2.37 bits per heavy atom. The summed E-state index contributed by atoms with van der Waals surface area (Å²) in [5, 5.41) is 5.68. The van der Waals surface area contributed by atoms with Crippen LogP contribution in [-0.4, -0.2) is 50.2 Å². The minimum Gasteiger partial charge on any atom is -0.369 e. The number of nitrogens with zero attached hydrogens (tertiary/aromatic N) is 2. The van der Waals surface area contributed by atoms with Gasteiger partial charge >= 0.3 is 12.2 Å². The molecule has 0 unspecified atom stereocenters.